The van der Waals surface area contributed by atoms with Crippen LogP contribution in [0.2, 0.25) is 0 Å². The van der Waals surface area contributed by atoms with Crippen LogP contribution in [0.25, 0.3) is 11.1 Å². The van der Waals surface area contributed by atoms with Crippen LogP contribution in [0.5, 0.6) is 11.5 Å². The van der Waals surface area contributed by atoms with Crippen LogP contribution < -0.4 is 9.47 Å². The lowest BCUT2D eigenvalue weighted by Gasteiger charge is -2.10. The molecule has 0 fully saturated rings. The molecule has 0 aliphatic rings. The third-order valence-electron chi connectivity index (χ3n) is 4.34. The maximum absolute atomic E-state index is 5.82. The number of hydrogen-bond acceptors (Lipinski definition) is 5. The van der Waals surface area contributed by atoms with Crippen molar-refractivity contribution in [2.45, 2.75) is 12.2 Å². The molecule has 0 saturated heterocycles. The highest BCUT2D eigenvalue weighted by molar-refractivity contribution is 7.98. The molecule has 3 rings (SSSR count). The highest BCUT2D eigenvalue weighted by atomic mass is 32.2. The Bertz CT molecular complexity index is 832. The molecule has 5 heteroatoms. The standard InChI is InChI=1S/C24H29NO2S2/c1-25(2)13-6-14-26-23-11-9-20(10-12-23)21-17-24(29-18-21)19-28-16-15-27-22-7-4-3-5-8-22/h3-5,7-12,17-18H,6,13-16,19H2,1-2H3. The van der Waals surface area contributed by atoms with Gasteiger partial charge in [0.15, 0.2) is 0 Å². The van der Waals surface area contributed by atoms with E-state index in [1.807, 2.05) is 53.4 Å². The Morgan fingerprint density at radius 1 is 0.862 bits per heavy atom. The Balaban J connectivity index is 1.38. The van der Waals surface area contributed by atoms with Crippen LogP contribution in [0.1, 0.15) is 11.3 Å². The number of thioether (sulfide) groups is 1. The van der Waals surface area contributed by atoms with Crippen LogP contribution in [0, 0.1) is 0 Å². The van der Waals surface area contributed by atoms with Gasteiger partial charge in [0.1, 0.15) is 11.5 Å². The van der Waals surface area contributed by atoms with Crippen molar-refractivity contribution in [2.75, 3.05) is 39.6 Å². The number of nitrogens with zero attached hydrogens (tertiary/aromatic N) is 1. The van der Waals surface area contributed by atoms with Crippen molar-refractivity contribution in [3.8, 4) is 22.6 Å². The van der Waals surface area contributed by atoms with Crippen molar-refractivity contribution in [3.05, 3.63) is 70.9 Å². The minimum atomic E-state index is 0.739. The smallest absolute Gasteiger partial charge is 0.119 e. The summed E-state index contributed by atoms with van der Waals surface area (Å²) in [5.74, 6) is 3.89. The fourth-order valence-corrected chi connectivity index (χ4v) is 4.66. The molecule has 0 radical (unpaired) electrons. The minimum Gasteiger partial charge on any atom is -0.494 e. The summed E-state index contributed by atoms with van der Waals surface area (Å²) < 4.78 is 11.6. The highest BCUT2D eigenvalue weighted by Crippen LogP contribution is 2.29. The van der Waals surface area contributed by atoms with Gasteiger partial charge in [-0.25, -0.2) is 0 Å². The number of hydrogen-bond donors (Lipinski definition) is 0. The molecule has 0 saturated carbocycles. The Morgan fingerprint density at radius 2 is 1.59 bits per heavy atom. The van der Waals surface area contributed by atoms with Crippen molar-refractivity contribution >= 4 is 23.1 Å². The first-order chi connectivity index (χ1) is 14.2. The molecular weight excluding hydrogens is 398 g/mol. The van der Waals surface area contributed by atoms with E-state index in [-0.39, 0.29) is 0 Å². The van der Waals surface area contributed by atoms with E-state index < -0.39 is 0 Å². The number of para-hydroxylation sites is 1. The first kappa shape index (κ1) is 21.8. The molecule has 154 valence electrons. The monoisotopic (exact) mass is 427 g/mol. The summed E-state index contributed by atoms with van der Waals surface area (Å²) in [7, 11) is 4.17. The summed E-state index contributed by atoms with van der Waals surface area (Å²) in [5, 5.41) is 2.24. The largest absolute Gasteiger partial charge is 0.494 e. The Hall–Kier alpha value is -1.95. The number of ether oxygens (including phenoxy) is 2. The van der Waals surface area contributed by atoms with Crippen LogP contribution in [0.15, 0.2) is 66.0 Å². The molecular formula is C24H29NO2S2. The van der Waals surface area contributed by atoms with Gasteiger partial charge in [0, 0.05) is 22.9 Å². The molecule has 1 heterocycles. The van der Waals surface area contributed by atoms with E-state index >= 15 is 0 Å². The maximum Gasteiger partial charge on any atom is 0.119 e. The van der Waals surface area contributed by atoms with Crippen molar-refractivity contribution in [1.29, 1.82) is 0 Å². The van der Waals surface area contributed by atoms with Gasteiger partial charge in [-0.15, -0.1) is 11.3 Å². The molecule has 3 aromatic rings. The van der Waals surface area contributed by atoms with Gasteiger partial charge >= 0.3 is 0 Å². The summed E-state index contributed by atoms with van der Waals surface area (Å²) >= 11 is 3.74. The molecule has 29 heavy (non-hydrogen) atoms. The molecule has 0 amide bonds. The Morgan fingerprint density at radius 3 is 2.34 bits per heavy atom. The summed E-state index contributed by atoms with van der Waals surface area (Å²) in [6.07, 6.45) is 1.04. The maximum atomic E-state index is 5.82. The van der Waals surface area contributed by atoms with Crippen molar-refractivity contribution in [2.24, 2.45) is 0 Å². The summed E-state index contributed by atoms with van der Waals surface area (Å²) in [5.41, 5.74) is 2.52. The topological polar surface area (TPSA) is 21.7 Å². The second-order valence-corrected chi connectivity index (χ2v) is 9.15. The normalized spacial score (nSPS) is 11.0. The van der Waals surface area contributed by atoms with Gasteiger partial charge in [-0.05, 0) is 67.4 Å². The second-order valence-electron chi connectivity index (χ2n) is 7.05. The van der Waals surface area contributed by atoms with Gasteiger partial charge in [0.25, 0.3) is 0 Å². The lowest BCUT2D eigenvalue weighted by molar-refractivity contribution is 0.281. The molecule has 0 N–H and O–H groups in total. The van der Waals surface area contributed by atoms with E-state index in [1.165, 1.54) is 16.0 Å². The predicted octanol–water partition coefficient (Wildman–Crippen LogP) is 6.06. The van der Waals surface area contributed by atoms with Gasteiger partial charge in [0.2, 0.25) is 0 Å². The second kappa shape index (κ2) is 11.9. The van der Waals surface area contributed by atoms with E-state index in [0.29, 0.717) is 0 Å². The lowest BCUT2D eigenvalue weighted by atomic mass is 10.1. The van der Waals surface area contributed by atoms with Crippen LogP contribution in [-0.2, 0) is 5.75 Å². The van der Waals surface area contributed by atoms with Gasteiger partial charge < -0.3 is 14.4 Å². The summed E-state index contributed by atoms with van der Waals surface area (Å²) in [6, 6.07) is 20.7. The Kier molecular flexibility index (Phi) is 8.93. The van der Waals surface area contributed by atoms with Gasteiger partial charge in [-0.3, -0.25) is 0 Å². The third-order valence-corrected chi connectivity index (χ3v) is 6.43. The van der Waals surface area contributed by atoms with Gasteiger partial charge in [0.05, 0.1) is 13.2 Å². The van der Waals surface area contributed by atoms with Crippen LogP contribution >= 0.6 is 23.1 Å². The molecule has 0 atom stereocenters. The SMILES string of the molecule is CN(C)CCCOc1ccc(-c2csc(CSCCOc3ccccc3)c2)cc1. The molecule has 0 unspecified atom stereocenters. The lowest BCUT2D eigenvalue weighted by Crippen LogP contribution is -2.15. The molecule has 0 aliphatic carbocycles. The van der Waals surface area contributed by atoms with Crippen molar-refractivity contribution in [1.82, 2.24) is 4.90 Å². The van der Waals surface area contributed by atoms with E-state index in [4.69, 9.17) is 9.47 Å². The molecule has 0 bridgehead atoms. The predicted molar refractivity (Wildman–Crippen MR) is 127 cm³/mol. The van der Waals surface area contributed by atoms with E-state index in [1.54, 1.807) is 0 Å². The van der Waals surface area contributed by atoms with Crippen molar-refractivity contribution < 1.29 is 9.47 Å². The molecule has 2 aromatic carbocycles. The minimum absolute atomic E-state index is 0.739. The van der Waals surface area contributed by atoms with Gasteiger partial charge in [-0.1, -0.05) is 30.3 Å². The number of benzene rings is 2. The average molecular weight is 428 g/mol. The van der Waals surface area contributed by atoms with Crippen LogP contribution in [0.3, 0.4) is 0 Å². The van der Waals surface area contributed by atoms with Crippen molar-refractivity contribution in [3.63, 3.8) is 0 Å². The molecule has 0 aliphatic heterocycles. The fraction of sp³-hybridized carbons (Fsp3) is 0.333. The highest BCUT2D eigenvalue weighted by Gasteiger charge is 2.04. The molecule has 0 spiro atoms. The molecule has 1 aromatic heterocycles. The van der Waals surface area contributed by atoms with Crippen LogP contribution in [0.4, 0.5) is 0 Å². The van der Waals surface area contributed by atoms with Gasteiger partial charge in [-0.2, -0.15) is 11.8 Å². The first-order valence-corrected chi connectivity index (χ1v) is 11.9. The summed E-state index contributed by atoms with van der Waals surface area (Å²) in [6.45, 7) is 2.54. The Labute approximate surface area is 182 Å². The number of rotatable bonds is 12. The fourth-order valence-electron chi connectivity index (χ4n) is 2.83. The summed E-state index contributed by atoms with van der Waals surface area (Å²) in [4.78, 5) is 3.57. The van der Waals surface area contributed by atoms with Crippen LogP contribution in [-0.4, -0.2) is 44.5 Å². The number of thiophene rings is 1. The first-order valence-electron chi connectivity index (χ1n) is 9.92. The quantitative estimate of drug-likeness (QED) is 0.328. The third kappa shape index (κ3) is 7.77. The van der Waals surface area contributed by atoms with E-state index in [0.717, 1.165) is 49.2 Å². The zero-order chi connectivity index (χ0) is 20.3. The zero-order valence-corrected chi connectivity index (χ0v) is 18.8. The average Bonchev–Trinajstić information content (AvgIpc) is 3.21. The van der Waals surface area contributed by atoms with E-state index in [2.05, 4.69) is 54.7 Å². The zero-order valence-electron chi connectivity index (χ0n) is 17.2. The van der Waals surface area contributed by atoms with E-state index in [9.17, 15) is 0 Å². The molecule has 3 nitrogen and oxygen atoms in total.